The lowest BCUT2D eigenvalue weighted by Gasteiger charge is -2.38. The number of hydrogen-bond acceptors (Lipinski definition) is 7. The van der Waals surface area contributed by atoms with Crippen LogP contribution in [0.1, 0.15) is 42.8 Å². The van der Waals surface area contributed by atoms with Crippen LogP contribution >= 0.6 is 11.3 Å². The highest BCUT2D eigenvalue weighted by Crippen LogP contribution is 2.62. The molecule has 1 N–H and O–H groups in total. The van der Waals surface area contributed by atoms with Gasteiger partial charge in [0.05, 0.1) is 31.1 Å². The van der Waals surface area contributed by atoms with Gasteiger partial charge in [0.1, 0.15) is 11.5 Å². The Balaban J connectivity index is 1.53. The predicted octanol–water partition coefficient (Wildman–Crippen LogP) is 5.75. The van der Waals surface area contributed by atoms with Crippen LogP contribution in [0.15, 0.2) is 90.4 Å². The molecular weight excluding hydrogens is 536 g/mol. The van der Waals surface area contributed by atoms with Crippen LogP contribution in [-0.4, -0.2) is 42.6 Å². The van der Waals surface area contributed by atoms with Gasteiger partial charge in [-0.15, -0.1) is 11.3 Å². The lowest BCUT2D eigenvalue weighted by molar-refractivity contribution is -0.122. The van der Waals surface area contributed by atoms with Gasteiger partial charge in [-0.2, -0.15) is 0 Å². The van der Waals surface area contributed by atoms with E-state index < -0.39 is 23.4 Å². The number of hydrogen-bond donors (Lipinski definition) is 1. The van der Waals surface area contributed by atoms with Crippen LogP contribution in [0.25, 0.3) is 6.08 Å². The molecule has 3 aliphatic heterocycles. The molecule has 1 saturated heterocycles. The number of para-hydroxylation sites is 1. The van der Waals surface area contributed by atoms with Crippen molar-refractivity contribution < 1.29 is 23.9 Å². The number of anilines is 1. The van der Waals surface area contributed by atoms with E-state index in [0.717, 1.165) is 11.1 Å². The number of fused-ring (bicyclic) bond motifs is 6. The molecule has 7 nitrogen and oxygen atoms in total. The Labute approximate surface area is 241 Å². The molecule has 1 amide bonds. The Morgan fingerprint density at radius 3 is 2.46 bits per heavy atom. The van der Waals surface area contributed by atoms with Crippen molar-refractivity contribution in [3.8, 4) is 11.5 Å². The van der Waals surface area contributed by atoms with Crippen molar-refractivity contribution in [3.05, 3.63) is 118 Å². The number of nitrogens with zero attached hydrogens (tertiary/aromatic N) is 1. The average molecular weight is 563 g/mol. The Morgan fingerprint density at radius 2 is 1.68 bits per heavy atom. The molecule has 4 heterocycles. The van der Waals surface area contributed by atoms with Crippen LogP contribution in [0.4, 0.5) is 5.69 Å². The molecule has 4 aromatic rings. The minimum absolute atomic E-state index is 0.193. The van der Waals surface area contributed by atoms with Crippen molar-refractivity contribution >= 4 is 40.6 Å². The summed E-state index contributed by atoms with van der Waals surface area (Å²) < 4.78 is 10.9. The van der Waals surface area contributed by atoms with Crippen molar-refractivity contribution in [3.63, 3.8) is 0 Å². The van der Waals surface area contributed by atoms with E-state index in [1.54, 1.807) is 24.3 Å². The standard InChI is InChI=1S/C33H26N2O5S/c1-39-24-14-13-20(18-25(24)40-2)29(36)27-28(30(37)26-12-7-17-41-26)35-16-15-19-8-3-4-9-21(19)31(35)33(27)22-10-5-6-11-23(22)34-32(33)38/h3-18,27-28,31H,1-2H3,(H,34,38)/t27-,28+,31-,33-/m1/s1. The van der Waals surface area contributed by atoms with E-state index in [4.69, 9.17) is 9.47 Å². The first-order valence-corrected chi connectivity index (χ1v) is 14.2. The van der Waals surface area contributed by atoms with Crippen LogP contribution in [0.2, 0.25) is 0 Å². The van der Waals surface area contributed by atoms with Gasteiger partial charge in [-0.05, 0) is 58.5 Å². The summed E-state index contributed by atoms with van der Waals surface area (Å²) in [6, 6.07) is 22.4. The number of nitrogens with one attached hydrogen (secondary N) is 1. The van der Waals surface area contributed by atoms with Crippen molar-refractivity contribution in [1.82, 2.24) is 4.90 Å². The second-order valence-corrected chi connectivity index (χ2v) is 11.3. The first kappa shape index (κ1) is 25.3. The maximum atomic E-state index is 14.9. The van der Waals surface area contributed by atoms with Gasteiger partial charge in [0.15, 0.2) is 23.1 Å². The first-order valence-electron chi connectivity index (χ1n) is 13.3. The van der Waals surface area contributed by atoms with E-state index in [1.165, 1.54) is 25.6 Å². The summed E-state index contributed by atoms with van der Waals surface area (Å²) in [4.78, 5) is 46.3. The fraction of sp³-hybridized carbons (Fsp3) is 0.182. The van der Waals surface area contributed by atoms with Crippen LogP contribution < -0.4 is 14.8 Å². The highest BCUT2D eigenvalue weighted by molar-refractivity contribution is 7.12. The van der Waals surface area contributed by atoms with Gasteiger partial charge in [-0.3, -0.25) is 14.4 Å². The Bertz CT molecular complexity index is 1750. The average Bonchev–Trinajstić information content (AvgIpc) is 3.73. The molecule has 0 radical (unpaired) electrons. The smallest absolute Gasteiger partial charge is 0.238 e. The van der Waals surface area contributed by atoms with Gasteiger partial charge in [0, 0.05) is 17.5 Å². The minimum atomic E-state index is -1.38. The highest BCUT2D eigenvalue weighted by Gasteiger charge is 2.70. The molecule has 3 aromatic carbocycles. The summed E-state index contributed by atoms with van der Waals surface area (Å²) in [6.45, 7) is 0. The summed E-state index contributed by atoms with van der Waals surface area (Å²) in [5.41, 5.74) is 2.18. The quantitative estimate of drug-likeness (QED) is 0.302. The van der Waals surface area contributed by atoms with Gasteiger partial charge < -0.3 is 19.7 Å². The Hall–Kier alpha value is -4.69. The maximum absolute atomic E-state index is 14.9. The summed E-state index contributed by atoms with van der Waals surface area (Å²) >= 11 is 1.33. The Morgan fingerprint density at radius 1 is 0.902 bits per heavy atom. The molecule has 1 spiro atoms. The molecule has 1 aromatic heterocycles. The van der Waals surface area contributed by atoms with E-state index in [2.05, 4.69) is 5.32 Å². The number of methoxy groups -OCH3 is 2. The molecule has 204 valence electrons. The number of amides is 1. The molecule has 0 aliphatic carbocycles. The van der Waals surface area contributed by atoms with Gasteiger partial charge in [-0.25, -0.2) is 0 Å². The number of benzene rings is 3. The molecule has 7 rings (SSSR count). The number of Topliss-reactive ketones (excluding diaryl/α,β-unsaturated/α-hetero) is 2. The number of carbonyl (C=O) groups is 3. The van der Waals surface area contributed by atoms with E-state index in [0.29, 0.717) is 33.2 Å². The minimum Gasteiger partial charge on any atom is -0.493 e. The predicted molar refractivity (Wildman–Crippen MR) is 157 cm³/mol. The van der Waals surface area contributed by atoms with Crippen molar-refractivity contribution in [2.24, 2.45) is 5.92 Å². The third-order valence-corrected chi connectivity index (χ3v) is 9.44. The fourth-order valence-electron chi connectivity index (χ4n) is 6.90. The zero-order valence-electron chi connectivity index (χ0n) is 22.4. The summed E-state index contributed by atoms with van der Waals surface area (Å²) in [5.74, 6) is -0.964. The lowest BCUT2D eigenvalue weighted by atomic mass is 9.62. The monoisotopic (exact) mass is 562 g/mol. The molecular formula is C33H26N2O5S. The van der Waals surface area contributed by atoms with Crippen molar-refractivity contribution in [2.75, 3.05) is 19.5 Å². The number of ether oxygens (including phenoxy) is 2. The molecule has 8 heteroatoms. The van der Waals surface area contributed by atoms with Crippen LogP contribution in [-0.2, 0) is 10.2 Å². The van der Waals surface area contributed by atoms with Crippen molar-refractivity contribution in [2.45, 2.75) is 17.5 Å². The van der Waals surface area contributed by atoms with Crippen LogP contribution in [0, 0.1) is 5.92 Å². The van der Waals surface area contributed by atoms with E-state index in [9.17, 15) is 14.4 Å². The van der Waals surface area contributed by atoms with E-state index in [1.807, 2.05) is 77.2 Å². The first-order chi connectivity index (χ1) is 20.0. The van der Waals surface area contributed by atoms with Crippen LogP contribution in [0.3, 0.4) is 0 Å². The SMILES string of the molecule is COc1ccc(C(=O)[C@H]2[C@@H](C(=O)c3cccs3)N3C=Cc4ccccc4[C@@H]3[C@]23C(=O)Nc2ccccc23)cc1OC. The second kappa shape index (κ2) is 9.45. The van der Waals surface area contributed by atoms with Crippen LogP contribution in [0.5, 0.6) is 11.5 Å². The molecule has 0 saturated carbocycles. The number of carbonyl (C=O) groups excluding carboxylic acids is 3. The maximum Gasteiger partial charge on any atom is 0.238 e. The summed E-state index contributed by atoms with van der Waals surface area (Å²) in [6.07, 6.45) is 3.83. The van der Waals surface area contributed by atoms with Crippen molar-refractivity contribution in [1.29, 1.82) is 0 Å². The Kier molecular flexibility index (Phi) is 5.83. The number of rotatable bonds is 6. The molecule has 0 unspecified atom stereocenters. The summed E-state index contributed by atoms with van der Waals surface area (Å²) in [7, 11) is 3.04. The third-order valence-electron chi connectivity index (χ3n) is 8.55. The van der Waals surface area contributed by atoms with Gasteiger partial charge >= 0.3 is 0 Å². The lowest BCUT2D eigenvalue weighted by Crippen LogP contribution is -2.49. The highest BCUT2D eigenvalue weighted by atomic mass is 32.1. The molecule has 1 fully saturated rings. The molecule has 0 bridgehead atoms. The molecule has 41 heavy (non-hydrogen) atoms. The topological polar surface area (TPSA) is 84.9 Å². The largest absolute Gasteiger partial charge is 0.493 e. The van der Waals surface area contributed by atoms with E-state index in [-0.39, 0.29) is 17.5 Å². The number of ketones is 2. The zero-order valence-corrected chi connectivity index (χ0v) is 23.2. The molecule has 3 aliphatic rings. The third kappa shape index (κ3) is 3.47. The van der Waals surface area contributed by atoms with E-state index >= 15 is 0 Å². The number of thiophene rings is 1. The van der Waals surface area contributed by atoms with Gasteiger partial charge in [-0.1, -0.05) is 48.5 Å². The van der Waals surface area contributed by atoms with Gasteiger partial charge in [0.25, 0.3) is 0 Å². The van der Waals surface area contributed by atoms with Gasteiger partial charge in [0.2, 0.25) is 5.91 Å². The molecule has 4 atom stereocenters. The zero-order chi connectivity index (χ0) is 28.3. The summed E-state index contributed by atoms with van der Waals surface area (Å²) in [5, 5.41) is 4.92. The second-order valence-electron chi connectivity index (χ2n) is 10.4. The fourth-order valence-corrected chi connectivity index (χ4v) is 7.60. The normalized spacial score (nSPS) is 23.5.